The van der Waals surface area contributed by atoms with Crippen LogP contribution in [0.1, 0.15) is 26.2 Å². The standard InChI is InChI=1S/C7H11NO2/c1-2-3-4-5-6-7-8(9)10/h2,5-7H2,1H3. The molecule has 56 valence electrons. The normalized spacial score (nSPS) is 8.10. The van der Waals surface area contributed by atoms with E-state index in [0.717, 1.165) is 6.42 Å². The van der Waals surface area contributed by atoms with Gasteiger partial charge in [-0.25, -0.2) is 0 Å². The van der Waals surface area contributed by atoms with Crippen molar-refractivity contribution in [2.75, 3.05) is 6.54 Å². The lowest BCUT2D eigenvalue weighted by atomic mass is 10.3. The van der Waals surface area contributed by atoms with Crippen molar-refractivity contribution in [1.82, 2.24) is 0 Å². The van der Waals surface area contributed by atoms with Gasteiger partial charge in [-0.15, -0.1) is 11.8 Å². The Hall–Kier alpha value is -1.04. The summed E-state index contributed by atoms with van der Waals surface area (Å²) in [6, 6.07) is 0. The smallest absolute Gasteiger partial charge is 0.204 e. The number of hydrogen-bond donors (Lipinski definition) is 0. The van der Waals surface area contributed by atoms with E-state index in [-0.39, 0.29) is 11.5 Å². The highest BCUT2D eigenvalue weighted by atomic mass is 16.6. The third-order valence-corrected chi connectivity index (χ3v) is 0.944. The van der Waals surface area contributed by atoms with E-state index in [9.17, 15) is 10.1 Å². The summed E-state index contributed by atoms with van der Waals surface area (Å²) < 4.78 is 0. The van der Waals surface area contributed by atoms with Crippen molar-refractivity contribution in [2.45, 2.75) is 26.2 Å². The quantitative estimate of drug-likeness (QED) is 0.258. The van der Waals surface area contributed by atoms with Crippen LogP contribution in [0, 0.1) is 22.0 Å². The summed E-state index contributed by atoms with van der Waals surface area (Å²) in [6.07, 6.45) is 2.05. The fourth-order valence-corrected chi connectivity index (χ4v) is 0.510. The number of nitro groups is 1. The van der Waals surface area contributed by atoms with Crippen LogP contribution in [-0.2, 0) is 0 Å². The molecule has 0 saturated heterocycles. The molecule has 0 radical (unpaired) electrons. The lowest BCUT2D eigenvalue weighted by Gasteiger charge is -1.85. The first-order valence-corrected chi connectivity index (χ1v) is 3.35. The monoisotopic (exact) mass is 141 g/mol. The lowest BCUT2D eigenvalue weighted by molar-refractivity contribution is -0.480. The Morgan fingerprint density at radius 2 is 2.20 bits per heavy atom. The van der Waals surface area contributed by atoms with E-state index >= 15 is 0 Å². The molecule has 3 nitrogen and oxygen atoms in total. The average Bonchev–Trinajstić information content (AvgIpc) is 1.87. The predicted molar refractivity (Wildman–Crippen MR) is 39.2 cm³/mol. The minimum atomic E-state index is -0.312. The summed E-state index contributed by atoms with van der Waals surface area (Å²) in [5.74, 6) is 5.69. The van der Waals surface area contributed by atoms with E-state index in [4.69, 9.17) is 0 Å². The van der Waals surface area contributed by atoms with Gasteiger partial charge in [0.25, 0.3) is 0 Å². The van der Waals surface area contributed by atoms with Crippen molar-refractivity contribution < 1.29 is 4.92 Å². The molecule has 0 saturated carbocycles. The van der Waals surface area contributed by atoms with Crippen molar-refractivity contribution >= 4 is 0 Å². The Balaban J connectivity index is 3.13. The number of nitrogens with zero attached hydrogens (tertiary/aromatic N) is 1. The highest BCUT2D eigenvalue weighted by Gasteiger charge is 1.92. The highest BCUT2D eigenvalue weighted by Crippen LogP contribution is 1.86. The molecule has 0 fully saturated rings. The summed E-state index contributed by atoms with van der Waals surface area (Å²) >= 11 is 0. The molecule has 0 aromatic carbocycles. The third kappa shape index (κ3) is 6.96. The van der Waals surface area contributed by atoms with E-state index in [1.54, 1.807) is 0 Å². The Morgan fingerprint density at radius 3 is 2.70 bits per heavy atom. The molecule has 0 unspecified atom stereocenters. The van der Waals surface area contributed by atoms with Crippen molar-refractivity contribution in [1.29, 1.82) is 0 Å². The molecule has 0 aromatic rings. The van der Waals surface area contributed by atoms with E-state index in [0.29, 0.717) is 12.8 Å². The topological polar surface area (TPSA) is 43.1 Å². The van der Waals surface area contributed by atoms with Crippen LogP contribution < -0.4 is 0 Å². The fraction of sp³-hybridized carbons (Fsp3) is 0.714. The molecule has 3 heteroatoms. The fourth-order valence-electron chi connectivity index (χ4n) is 0.510. The van der Waals surface area contributed by atoms with Crippen LogP contribution in [0.4, 0.5) is 0 Å². The van der Waals surface area contributed by atoms with Crippen LogP contribution in [0.2, 0.25) is 0 Å². The molecule has 0 heterocycles. The Bertz CT molecular complexity index is 155. The number of rotatable bonds is 3. The zero-order chi connectivity index (χ0) is 7.82. The van der Waals surface area contributed by atoms with E-state index in [2.05, 4.69) is 11.8 Å². The van der Waals surface area contributed by atoms with Crippen molar-refractivity contribution in [3.05, 3.63) is 10.1 Å². The number of hydrogen-bond acceptors (Lipinski definition) is 2. The van der Waals surface area contributed by atoms with Crippen LogP contribution >= 0.6 is 0 Å². The molecular formula is C7H11NO2. The zero-order valence-corrected chi connectivity index (χ0v) is 6.09. The first-order chi connectivity index (χ1) is 4.77. The summed E-state index contributed by atoms with van der Waals surface area (Å²) in [7, 11) is 0. The Labute approximate surface area is 60.6 Å². The molecule has 10 heavy (non-hydrogen) atoms. The molecule has 0 spiro atoms. The molecule has 0 atom stereocenters. The SMILES string of the molecule is CCC#CCCC[N+](=O)[O-]. The molecule has 0 aliphatic carbocycles. The molecule has 0 rings (SSSR count). The molecule has 0 amide bonds. The molecule has 0 aliphatic heterocycles. The minimum Gasteiger partial charge on any atom is -0.265 e. The second kappa shape index (κ2) is 6.09. The van der Waals surface area contributed by atoms with E-state index < -0.39 is 0 Å². The van der Waals surface area contributed by atoms with Crippen molar-refractivity contribution in [3.8, 4) is 11.8 Å². The van der Waals surface area contributed by atoms with Crippen LogP contribution in [0.3, 0.4) is 0 Å². The maximum atomic E-state index is 9.79. The molecule has 0 N–H and O–H groups in total. The zero-order valence-electron chi connectivity index (χ0n) is 6.09. The highest BCUT2D eigenvalue weighted by molar-refractivity contribution is 4.97. The van der Waals surface area contributed by atoms with Crippen molar-refractivity contribution in [2.24, 2.45) is 0 Å². The van der Waals surface area contributed by atoms with Gasteiger partial charge >= 0.3 is 0 Å². The van der Waals surface area contributed by atoms with Gasteiger partial charge in [-0.1, -0.05) is 6.92 Å². The van der Waals surface area contributed by atoms with Gasteiger partial charge in [-0.2, -0.15) is 0 Å². The maximum absolute atomic E-state index is 9.79. The number of unbranched alkanes of at least 4 members (excludes halogenated alkanes) is 1. The van der Waals surface area contributed by atoms with Gasteiger partial charge in [0, 0.05) is 24.2 Å². The predicted octanol–water partition coefficient (Wildman–Crippen LogP) is 1.46. The van der Waals surface area contributed by atoms with Gasteiger partial charge in [0.05, 0.1) is 0 Å². The molecule has 0 aromatic heterocycles. The lowest BCUT2D eigenvalue weighted by Crippen LogP contribution is -1.98. The maximum Gasteiger partial charge on any atom is 0.204 e. The van der Waals surface area contributed by atoms with Gasteiger partial charge in [0.2, 0.25) is 6.54 Å². The van der Waals surface area contributed by atoms with E-state index in [1.165, 1.54) is 0 Å². The largest absolute Gasteiger partial charge is 0.265 e. The molecular weight excluding hydrogens is 130 g/mol. The third-order valence-electron chi connectivity index (χ3n) is 0.944. The first-order valence-electron chi connectivity index (χ1n) is 3.35. The summed E-state index contributed by atoms with van der Waals surface area (Å²) in [6.45, 7) is 2.00. The summed E-state index contributed by atoms with van der Waals surface area (Å²) in [5.41, 5.74) is 0. The Kier molecular flexibility index (Phi) is 5.45. The van der Waals surface area contributed by atoms with Gasteiger partial charge in [-0.05, 0) is 0 Å². The second-order valence-corrected chi connectivity index (χ2v) is 1.87. The molecule has 0 aliphatic rings. The van der Waals surface area contributed by atoms with Crippen LogP contribution in [0.15, 0.2) is 0 Å². The van der Waals surface area contributed by atoms with Crippen molar-refractivity contribution in [3.63, 3.8) is 0 Å². The minimum absolute atomic E-state index is 0.0401. The van der Waals surface area contributed by atoms with Gasteiger partial charge in [0.15, 0.2) is 0 Å². The average molecular weight is 141 g/mol. The summed E-state index contributed by atoms with van der Waals surface area (Å²) in [4.78, 5) is 9.48. The van der Waals surface area contributed by atoms with Crippen LogP contribution in [-0.4, -0.2) is 11.5 Å². The van der Waals surface area contributed by atoms with E-state index in [1.807, 2.05) is 6.92 Å². The van der Waals surface area contributed by atoms with Crippen LogP contribution in [0.5, 0.6) is 0 Å². The van der Waals surface area contributed by atoms with Gasteiger partial charge in [-0.3, -0.25) is 10.1 Å². The summed E-state index contributed by atoms with van der Waals surface area (Å²) in [5, 5.41) is 9.79. The first kappa shape index (κ1) is 8.96. The van der Waals surface area contributed by atoms with Gasteiger partial charge in [0.1, 0.15) is 0 Å². The molecule has 0 bridgehead atoms. The second-order valence-electron chi connectivity index (χ2n) is 1.87. The van der Waals surface area contributed by atoms with Gasteiger partial charge < -0.3 is 0 Å². The van der Waals surface area contributed by atoms with Crippen LogP contribution in [0.25, 0.3) is 0 Å². The Morgan fingerprint density at radius 1 is 1.50 bits per heavy atom.